The number of hydrogen-bond donors (Lipinski definition) is 1. The van der Waals surface area contributed by atoms with Crippen molar-refractivity contribution in [2.75, 3.05) is 12.8 Å². The number of nitrogens with zero attached hydrogens (tertiary/aromatic N) is 3. The third-order valence-electron chi connectivity index (χ3n) is 2.11. The van der Waals surface area contributed by atoms with Crippen molar-refractivity contribution in [3.63, 3.8) is 0 Å². The summed E-state index contributed by atoms with van der Waals surface area (Å²) in [6.45, 7) is 3.42. The summed E-state index contributed by atoms with van der Waals surface area (Å²) >= 11 is 0. The molecule has 0 spiro atoms. The lowest BCUT2D eigenvalue weighted by molar-refractivity contribution is 0.608. The second-order valence-electron chi connectivity index (χ2n) is 3.29. The molecule has 80 valence electrons. The molecule has 2 unspecified atom stereocenters. The van der Waals surface area contributed by atoms with E-state index in [9.17, 15) is 4.21 Å². The van der Waals surface area contributed by atoms with Gasteiger partial charge in [0.25, 0.3) is 0 Å². The molecule has 0 fully saturated rings. The zero-order valence-corrected chi connectivity index (χ0v) is 9.54. The van der Waals surface area contributed by atoms with Crippen LogP contribution in [0.4, 0.5) is 0 Å². The van der Waals surface area contributed by atoms with Crippen molar-refractivity contribution in [2.24, 2.45) is 7.05 Å². The van der Waals surface area contributed by atoms with Crippen LogP contribution in [-0.2, 0) is 24.4 Å². The van der Waals surface area contributed by atoms with Crippen LogP contribution in [0.15, 0.2) is 6.20 Å². The third kappa shape index (κ3) is 3.19. The van der Waals surface area contributed by atoms with Crippen LogP contribution in [0, 0.1) is 0 Å². The molecular weight excluding hydrogens is 200 g/mol. The standard InChI is InChI=1S/C8H16N4OS/c1-7(14(3)13)4-9-5-8-6-10-11-12(8)2/h6-7,9H,4-5H2,1-3H3. The number of aryl methyl sites for hydroxylation is 1. The molecule has 0 amide bonds. The molecule has 0 saturated carbocycles. The highest BCUT2D eigenvalue weighted by Gasteiger charge is 2.05. The van der Waals surface area contributed by atoms with E-state index in [4.69, 9.17) is 0 Å². The molecule has 0 aromatic carbocycles. The summed E-state index contributed by atoms with van der Waals surface area (Å²) in [5, 5.41) is 11.0. The van der Waals surface area contributed by atoms with E-state index in [2.05, 4.69) is 15.6 Å². The number of rotatable bonds is 5. The van der Waals surface area contributed by atoms with Crippen molar-refractivity contribution in [1.82, 2.24) is 20.3 Å². The fourth-order valence-electron chi connectivity index (χ4n) is 0.992. The van der Waals surface area contributed by atoms with E-state index in [1.54, 1.807) is 17.1 Å². The van der Waals surface area contributed by atoms with Gasteiger partial charge in [0.1, 0.15) is 0 Å². The maximum Gasteiger partial charge on any atom is 0.0738 e. The highest BCUT2D eigenvalue weighted by atomic mass is 32.2. The zero-order valence-electron chi connectivity index (χ0n) is 8.73. The molecule has 1 aromatic rings. The largest absolute Gasteiger partial charge is 0.310 e. The Hall–Kier alpha value is -0.750. The summed E-state index contributed by atoms with van der Waals surface area (Å²) in [5.74, 6) is 0. The van der Waals surface area contributed by atoms with Gasteiger partial charge in [-0.3, -0.25) is 8.89 Å². The summed E-state index contributed by atoms with van der Waals surface area (Å²) in [6.07, 6.45) is 3.44. The Morgan fingerprint density at radius 2 is 2.43 bits per heavy atom. The summed E-state index contributed by atoms with van der Waals surface area (Å²) in [5.41, 5.74) is 1.03. The molecule has 5 nitrogen and oxygen atoms in total. The molecule has 14 heavy (non-hydrogen) atoms. The van der Waals surface area contributed by atoms with Crippen molar-refractivity contribution in [3.8, 4) is 0 Å². The Morgan fingerprint density at radius 3 is 2.93 bits per heavy atom. The zero-order chi connectivity index (χ0) is 10.6. The SMILES string of the molecule is CC(CNCc1cnnn1C)S(C)=O. The van der Waals surface area contributed by atoms with Crippen molar-refractivity contribution in [3.05, 3.63) is 11.9 Å². The Bertz CT molecular complexity index is 312. The van der Waals surface area contributed by atoms with Gasteiger partial charge in [0.05, 0.1) is 11.9 Å². The fraction of sp³-hybridized carbons (Fsp3) is 0.750. The van der Waals surface area contributed by atoms with Crippen LogP contribution in [0.25, 0.3) is 0 Å². The first-order valence-electron chi connectivity index (χ1n) is 4.47. The molecule has 0 aliphatic rings. The molecule has 0 radical (unpaired) electrons. The van der Waals surface area contributed by atoms with E-state index in [0.717, 1.165) is 12.2 Å². The maximum atomic E-state index is 11.0. The van der Waals surface area contributed by atoms with E-state index >= 15 is 0 Å². The van der Waals surface area contributed by atoms with Crippen molar-refractivity contribution >= 4 is 10.8 Å². The minimum absolute atomic E-state index is 0.177. The van der Waals surface area contributed by atoms with E-state index < -0.39 is 10.8 Å². The van der Waals surface area contributed by atoms with Gasteiger partial charge in [-0.1, -0.05) is 5.21 Å². The molecule has 1 heterocycles. The molecule has 0 aliphatic heterocycles. The second-order valence-corrected chi connectivity index (χ2v) is 5.09. The van der Waals surface area contributed by atoms with Crippen LogP contribution >= 0.6 is 0 Å². The average Bonchev–Trinajstić information content (AvgIpc) is 2.51. The minimum Gasteiger partial charge on any atom is -0.310 e. The molecule has 0 saturated heterocycles. The molecule has 0 aliphatic carbocycles. The number of nitrogens with one attached hydrogen (secondary N) is 1. The molecule has 6 heteroatoms. The third-order valence-corrected chi connectivity index (χ3v) is 3.41. The minimum atomic E-state index is -0.765. The predicted octanol–water partition coefficient (Wildman–Crippen LogP) is -0.328. The summed E-state index contributed by atoms with van der Waals surface area (Å²) in [4.78, 5) is 0. The van der Waals surface area contributed by atoms with Gasteiger partial charge >= 0.3 is 0 Å². The van der Waals surface area contributed by atoms with Crippen LogP contribution < -0.4 is 5.32 Å². The van der Waals surface area contributed by atoms with Gasteiger partial charge in [0.15, 0.2) is 0 Å². The van der Waals surface area contributed by atoms with Crippen molar-refractivity contribution in [1.29, 1.82) is 0 Å². The van der Waals surface area contributed by atoms with E-state index in [-0.39, 0.29) is 5.25 Å². The smallest absolute Gasteiger partial charge is 0.0738 e. The predicted molar refractivity (Wildman–Crippen MR) is 56.2 cm³/mol. The van der Waals surface area contributed by atoms with E-state index in [1.807, 2.05) is 14.0 Å². The van der Waals surface area contributed by atoms with Gasteiger partial charge in [-0.25, -0.2) is 0 Å². The molecule has 1 rings (SSSR count). The highest BCUT2D eigenvalue weighted by molar-refractivity contribution is 7.84. The number of hydrogen-bond acceptors (Lipinski definition) is 4. The van der Waals surface area contributed by atoms with Crippen LogP contribution in [0.5, 0.6) is 0 Å². The molecule has 1 aromatic heterocycles. The lowest BCUT2D eigenvalue weighted by Crippen LogP contribution is -2.27. The highest BCUT2D eigenvalue weighted by Crippen LogP contribution is 1.94. The van der Waals surface area contributed by atoms with Gasteiger partial charge in [-0.2, -0.15) is 0 Å². The molecular formula is C8H16N4OS. The van der Waals surface area contributed by atoms with Crippen molar-refractivity contribution in [2.45, 2.75) is 18.7 Å². The van der Waals surface area contributed by atoms with Crippen LogP contribution in [0.1, 0.15) is 12.6 Å². The summed E-state index contributed by atoms with van der Waals surface area (Å²) in [6, 6.07) is 0. The average molecular weight is 216 g/mol. The monoisotopic (exact) mass is 216 g/mol. The normalized spacial score (nSPS) is 15.4. The van der Waals surface area contributed by atoms with E-state index in [0.29, 0.717) is 6.54 Å². The van der Waals surface area contributed by atoms with Crippen LogP contribution in [-0.4, -0.2) is 37.3 Å². The van der Waals surface area contributed by atoms with Gasteiger partial charge in [-0.15, -0.1) is 5.10 Å². The van der Waals surface area contributed by atoms with Crippen LogP contribution in [0.2, 0.25) is 0 Å². The molecule has 2 atom stereocenters. The first-order valence-corrected chi connectivity index (χ1v) is 6.10. The fourth-order valence-corrected chi connectivity index (χ4v) is 1.34. The Balaban J connectivity index is 2.29. The van der Waals surface area contributed by atoms with Gasteiger partial charge in [0, 0.05) is 42.4 Å². The Labute approximate surface area is 86.3 Å². The van der Waals surface area contributed by atoms with Gasteiger partial charge < -0.3 is 5.32 Å². The topological polar surface area (TPSA) is 59.8 Å². The lowest BCUT2D eigenvalue weighted by Gasteiger charge is -2.09. The first kappa shape index (κ1) is 11.3. The van der Waals surface area contributed by atoms with Crippen LogP contribution in [0.3, 0.4) is 0 Å². The Kier molecular flexibility index (Phi) is 4.21. The summed E-state index contributed by atoms with van der Waals surface area (Å²) in [7, 11) is 1.09. The quantitative estimate of drug-likeness (QED) is 0.732. The Morgan fingerprint density at radius 1 is 1.71 bits per heavy atom. The molecule has 0 bridgehead atoms. The van der Waals surface area contributed by atoms with Gasteiger partial charge in [0.2, 0.25) is 0 Å². The first-order chi connectivity index (χ1) is 6.61. The summed E-state index contributed by atoms with van der Waals surface area (Å²) < 4.78 is 12.8. The van der Waals surface area contributed by atoms with Gasteiger partial charge in [-0.05, 0) is 6.92 Å². The number of aromatic nitrogens is 3. The maximum absolute atomic E-state index is 11.0. The molecule has 1 N–H and O–H groups in total. The lowest BCUT2D eigenvalue weighted by atomic mass is 10.4. The second kappa shape index (κ2) is 5.21. The van der Waals surface area contributed by atoms with E-state index in [1.165, 1.54) is 0 Å². The van der Waals surface area contributed by atoms with Crippen molar-refractivity contribution < 1.29 is 4.21 Å².